The lowest BCUT2D eigenvalue weighted by molar-refractivity contribution is 0.0923. The molecule has 0 saturated heterocycles. The molecule has 0 spiro atoms. The van der Waals surface area contributed by atoms with Gasteiger partial charge >= 0.3 is 0 Å². The van der Waals surface area contributed by atoms with Crippen molar-refractivity contribution >= 4 is 5.91 Å². The third-order valence-electron chi connectivity index (χ3n) is 4.33. The summed E-state index contributed by atoms with van der Waals surface area (Å²) in [6.45, 7) is 7.02. The highest BCUT2D eigenvalue weighted by Crippen LogP contribution is 2.36. The number of carbonyl (C=O) groups is 1. The van der Waals surface area contributed by atoms with Crippen LogP contribution in [0, 0.1) is 0 Å². The second-order valence-electron chi connectivity index (χ2n) is 6.58. The van der Waals surface area contributed by atoms with Gasteiger partial charge in [0.15, 0.2) is 11.5 Å². The minimum absolute atomic E-state index is 0.0722. The number of ether oxygens (including phenoxy) is 2. The van der Waals surface area contributed by atoms with E-state index in [0.29, 0.717) is 18.9 Å². The van der Waals surface area contributed by atoms with Crippen LogP contribution in [0.4, 0.5) is 0 Å². The molecule has 0 fully saturated rings. The van der Waals surface area contributed by atoms with Gasteiger partial charge in [0.05, 0.1) is 6.54 Å². The van der Waals surface area contributed by atoms with E-state index in [1.165, 1.54) is 0 Å². The van der Waals surface area contributed by atoms with E-state index in [1.807, 2.05) is 36.6 Å². The molecule has 132 valence electrons. The Balaban J connectivity index is 1.48. The van der Waals surface area contributed by atoms with Crippen LogP contribution in [0.3, 0.4) is 0 Å². The number of nitrogens with zero attached hydrogens (tertiary/aromatic N) is 4. The molecule has 1 aromatic carbocycles. The van der Waals surface area contributed by atoms with Gasteiger partial charge in [-0.05, 0) is 19.9 Å². The van der Waals surface area contributed by atoms with Gasteiger partial charge in [-0.2, -0.15) is 0 Å². The Bertz CT molecular complexity index is 802. The minimum atomic E-state index is -0.173. The molecule has 0 aliphatic carbocycles. The fraction of sp³-hybridized carbons (Fsp3) is 0.471. The third kappa shape index (κ3) is 3.05. The Hall–Kier alpha value is -2.61. The molecule has 1 amide bonds. The van der Waals surface area contributed by atoms with Crippen molar-refractivity contribution in [3.63, 3.8) is 0 Å². The van der Waals surface area contributed by atoms with E-state index in [1.54, 1.807) is 0 Å². The van der Waals surface area contributed by atoms with Gasteiger partial charge in [0.1, 0.15) is 5.82 Å². The van der Waals surface area contributed by atoms with Crippen molar-refractivity contribution in [3.8, 4) is 11.5 Å². The molecule has 0 radical (unpaired) electrons. The SMILES string of the molecule is CC(C)NC(=O)c1nnc2n1CCN(Cc1cccc3c1OCO3)C2. The summed E-state index contributed by atoms with van der Waals surface area (Å²) in [5, 5.41) is 11.2. The summed E-state index contributed by atoms with van der Waals surface area (Å²) in [6, 6.07) is 6.01. The van der Waals surface area contributed by atoms with Gasteiger partial charge in [-0.15, -0.1) is 10.2 Å². The Morgan fingerprint density at radius 1 is 1.28 bits per heavy atom. The molecule has 25 heavy (non-hydrogen) atoms. The van der Waals surface area contributed by atoms with Gasteiger partial charge in [0.2, 0.25) is 12.6 Å². The lowest BCUT2D eigenvalue weighted by atomic mass is 10.1. The summed E-state index contributed by atoms with van der Waals surface area (Å²) in [6.07, 6.45) is 0. The Morgan fingerprint density at radius 2 is 2.16 bits per heavy atom. The fourth-order valence-corrected chi connectivity index (χ4v) is 3.19. The van der Waals surface area contributed by atoms with Crippen LogP contribution in [0.2, 0.25) is 0 Å². The molecule has 2 aliphatic heterocycles. The molecule has 0 atom stereocenters. The average molecular weight is 343 g/mol. The van der Waals surface area contributed by atoms with E-state index in [9.17, 15) is 4.79 Å². The minimum Gasteiger partial charge on any atom is -0.454 e. The maximum absolute atomic E-state index is 12.2. The van der Waals surface area contributed by atoms with E-state index in [2.05, 4.69) is 20.4 Å². The molecule has 1 N–H and O–H groups in total. The molecule has 8 nitrogen and oxygen atoms in total. The lowest BCUT2D eigenvalue weighted by Gasteiger charge is -2.27. The number of fused-ring (bicyclic) bond motifs is 2. The van der Waals surface area contributed by atoms with E-state index >= 15 is 0 Å². The van der Waals surface area contributed by atoms with E-state index < -0.39 is 0 Å². The highest BCUT2D eigenvalue weighted by molar-refractivity contribution is 5.90. The number of hydrogen-bond acceptors (Lipinski definition) is 6. The standard InChI is InChI=1S/C17H21N5O3/c1-11(2)18-17(23)16-20-19-14-9-21(6-7-22(14)16)8-12-4-3-5-13-15(12)25-10-24-13/h3-5,11H,6-10H2,1-2H3,(H,18,23). The van der Waals surface area contributed by atoms with Crippen LogP contribution in [-0.2, 0) is 19.6 Å². The summed E-state index contributed by atoms with van der Waals surface area (Å²) in [5.41, 5.74) is 1.10. The summed E-state index contributed by atoms with van der Waals surface area (Å²) >= 11 is 0. The maximum Gasteiger partial charge on any atom is 0.289 e. The number of para-hydroxylation sites is 1. The van der Waals surface area contributed by atoms with Gasteiger partial charge in [0.25, 0.3) is 5.91 Å². The molecule has 0 saturated carbocycles. The van der Waals surface area contributed by atoms with E-state index in [-0.39, 0.29) is 18.7 Å². The number of hydrogen-bond donors (Lipinski definition) is 1. The summed E-state index contributed by atoms with van der Waals surface area (Å²) in [7, 11) is 0. The van der Waals surface area contributed by atoms with E-state index in [0.717, 1.165) is 36.0 Å². The summed E-state index contributed by atoms with van der Waals surface area (Å²) in [5.74, 6) is 2.65. The quantitative estimate of drug-likeness (QED) is 0.897. The normalized spacial score (nSPS) is 16.1. The first kappa shape index (κ1) is 15.9. The van der Waals surface area contributed by atoms with Gasteiger partial charge in [-0.25, -0.2) is 0 Å². The van der Waals surface area contributed by atoms with Crippen molar-refractivity contribution in [1.29, 1.82) is 0 Å². The summed E-state index contributed by atoms with van der Waals surface area (Å²) in [4.78, 5) is 14.5. The van der Waals surface area contributed by atoms with Gasteiger partial charge < -0.3 is 19.4 Å². The highest BCUT2D eigenvalue weighted by atomic mass is 16.7. The fourth-order valence-electron chi connectivity index (χ4n) is 3.19. The topological polar surface area (TPSA) is 81.5 Å². The summed E-state index contributed by atoms with van der Waals surface area (Å²) < 4.78 is 12.9. The predicted octanol–water partition coefficient (Wildman–Crippen LogP) is 1.16. The Labute approximate surface area is 145 Å². The number of benzene rings is 1. The number of aromatic nitrogens is 3. The Kier molecular flexibility index (Phi) is 4.04. The van der Waals surface area contributed by atoms with Crippen LogP contribution in [-0.4, -0.2) is 45.0 Å². The van der Waals surface area contributed by atoms with Crippen molar-refractivity contribution in [1.82, 2.24) is 25.0 Å². The van der Waals surface area contributed by atoms with Crippen LogP contribution < -0.4 is 14.8 Å². The predicted molar refractivity (Wildman–Crippen MR) is 89.3 cm³/mol. The van der Waals surface area contributed by atoms with Crippen LogP contribution in [0.1, 0.15) is 35.9 Å². The molecule has 0 bridgehead atoms. The molecule has 4 rings (SSSR count). The zero-order valence-corrected chi connectivity index (χ0v) is 14.4. The van der Waals surface area contributed by atoms with Crippen LogP contribution in [0.25, 0.3) is 0 Å². The Morgan fingerprint density at radius 3 is 3.00 bits per heavy atom. The molecule has 3 heterocycles. The zero-order valence-electron chi connectivity index (χ0n) is 14.4. The van der Waals surface area contributed by atoms with Crippen LogP contribution in [0.5, 0.6) is 11.5 Å². The van der Waals surface area contributed by atoms with Gasteiger partial charge in [-0.3, -0.25) is 9.69 Å². The molecule has 0 unspecified atom stereocenters. The van der Waals surface area contributed by atoms with E-state index in [4.69, 9.17) is 9.47 Å². The monoisotopic (exact) mass is 343 g/mol. The maximum atomic E-state index is 12.2. The van der Waals surface area contributed by atoms with Gasteiger partial charge in [0, 0.05) is 31.2 Å². The molecule has 2 aromatic rings. The highest BCUT2D eigenvalue weighted by Gasteiger charge is 2.26. The van der Waals surface area contributed by atoms with Crippen LogP contribution >= 0.6 is 0 Å². The molecule has 1 aromatic heterocycles. The van der Waals surface area contributed by atoms with Crippen molar-refractivity contribution in [2.24, 2.45) is 0 Å². The molecule has 2 aliphatic rings. The zero-order chi connectivity index (χ0) is 17.4. The second kappa shape index (κ2) is 6.36. The second-order valence-corrected chi connectivity index (χ2v) is 6.58. The van der Waals surface area contributed by atoms with Crippen molar-refractivity contribution in [3.05, 3.63) is 35.4 Å². The van der Waals surface area contributed by atoms with Crippen molar-refractivity contribution < 1.29 is 14.3 Å². The lowest BCUT2D eigenvalue weighted by Crippen LogP contribution is -2.37. The van der Waals surface area contributed by atoms with Crippen molar-refractivity contribution in [2.45, 2.75) is 39.5 Å². The average Bonchev–Trinajstić information content (AvgIpc) is 3.21. The number of carbonyl (C=O) groups excluding carboxylic acids is 1. The first-order valence-corrected chi connectivity index (χ1v) is 8.44. The first-order valence-electron chi connectivity index (χ1n) is 8.44. The first-order chi connectivity index (χ1) is 12.1. The van der Waals surface area contributed by atoms with Gasteiger partial charge in [-0.1, -0.05) is 12.1 Å². The number of rotatable bonds is 4. The molecule has 8 heteroatoms. The number of nitrogens with one attached hydrogen (secondary N) is 1. The number of amides is 1. The largest absolute Gasteiger partial charge is 0.454 e. The van der Waals surface area contributed by atoms with Crippen LogP contribution in [0.15, 0.2) is 18.2 Å². The molecular weight excluding hydrogens is 322 g/mol. The molecular formula is C17H21N5O3. The third-order valence-corrected chi connectivity index (χ3v) is 4.33. The van der Waals surface area contributed by atoms with Crippen molar-refractivity contribution in [2.75, 3.05) is 13.3 Å². The smallest absolute Gasteiger partial charge is 0.289 e.